The molecule has 1 unspecified atom stereocenters. The van der Waals surface area contributed by atoms with Crippen LogP contribution >= 0.6 is 0 Å². The number of benzene rings is 1. The fraction of sp³-hybridized carbons (Fsp3) is 0.429. The van der Waals surface area contributed by atoms with E-state index in [2.05, 4.69) is 5.32 Å². The van der Waals surface area contributed by atoms with E-state index in [9.17, 15) is 14.0 Å². The quantitative estimate of drug-likeness (QED) is 0.875. The molecule has 1 aromatic carbocycles. The van der Waals surface area contributed by atoms with Crippen LogP contribution in [0.1, 0.15) is 36.5 Å². The van der Waals surface area contributed by atoms with Gasteiger partial charge in [0.05, 0.1) is 11.3 Å². The first-order valence-corrected chi connectivity index (χ1v) is 6.60. The number of anilines is 1. The fourth-order valence-electron chi connectivity index (χ4n) is 2.41. The van der Waals surface area contributed by atoms with Gasteiger partial charge in [-0.25, -0.2) is 14.0 Å². The number of carbonyl (C=O) groups is 2. The Labute approximate surface area is 116 Å². The minimum atomic E-state index is -1.27. The molecule has 20 heavy (non-hydrogen) atoms. The molecule has 1 fully saturated rings. The molecule has 108 valence electrons. The predicted molar refractivity (Wildman–Crippen MR) is 72.4 cm³/mol. The van der Waals surface area contributed by atoms with Crippen molar-refractivity contribution < 1.29 is 19.1 Å². The summed E-state index contributed by atoms with van der Waals surface area (Å²) in [7, 11) is 0. The van der Waals surface area contributed by atoms with E-state index in [0.29, 0.717) is 6.54 Å². The molecule has 1 aliphatic heterocycles. The standard InChI is InChI=1S/C14H17FN2O3/c1-9-5-2-3-8-17(9)14(20)16-12-10(13(18)19)6-4-7-11(12)15/h4,6-7,9H,2-3,5,8H2,1H3,(H,16,20)(H,18,19). The van der Waals surface area contributed by atoms with E-state index in [4.69, 9.17) is 5.11 Å². The fourth-order valence-corrected chi connectivity index (χ4v) is 2.41. The number of likely N-dealkylation sites (tertiary alicyclic amines) is 1. The van der Waals surface area contributed by atoms with Gasteiger partial charge in [-0.2, -0.15) is 0 Å². The molecule has 0 radical (unpaired) electrons. The van der Waals surface area contributed by atoms with Crippen molar-refractivity contribution in [2.75, 3.05) is 11.9 Å². The Bertz CT molecular complexity index is 533. The van der Waals surface area contributed by atoms with Crippen LogP contribution < -0.4 is 5.32 Å². The van der Waals surface area contributed by atoms with E-state index >= 15 is 0 Å². The number of hydrogen-bond acceptors (Lipinski definition) is 2. The van der Waals surface area contributed by atoms with Crippen LogP contribution in [-0.2, 0) is 0 Å². The number of carboxylic acid groups (broad SMARTS) is 1. The number of aromatic carboxylic acids is 1. The van der Waals surface area contributed by atoms with Gasteiger partial charge in [0.25, 0.3) is 0 Å². The maximum Gasteiger partial charge on any atom is 0.337 e. The number of nitrogens with zero attached hydrogens (tertiary/aromatic N) is 1. The van der Waals surface area contributed by atoms with Crippen molar-refractivity contribution in [3.05, 3.63) is 29.6 Å². The summed E-state index contributed by atoms with van der Waals surface area (Å²) in [6.07, 6.45) is 2.86. The van der Waals surface area contributed by atoms with Crippen molar-refractivity contribution in [2.24, 2.45) is 0 Å². The normalized spacial score (nSPS) is 18.7. The van der Waals surface area contributed by atoms with Crippen LogP contribution in [0.5, 0.6) is 0 Å². The Morgan fingerprint density at radius 1 is 1.40 bits per heavy atom. The van der Waals surface area contributed by atoms with Crippen LogP contribution in [0.15, 0.2) is 18.2 Å². The van der Waals surface area contributed by atoms with Crippen molar-refractivity contribution in [1.29, 1.82) is 0 Å². The molecule has 0 bridgehead atoms. The number of carboxylic acids is 1. The molecule has 1 saturated heterocycles. The highest BCUT2D eigenvalue weighted by molar-refractivity contribution is 6.00. The third kappa shape index (κ3) is 2.89. The van der Waals surface area contributed by atoms with Crippen LogP contribution in [-0.4, -0.2) is 34.6 Å². The first-order chi connectivity index (χ1) is 9.50. The van der Waals surface area contributed by atoms with Crippen LogP contribution in [0, 0.1) is 5.82 Å². The molecule has 2 amide bonds. The lowest BCUT2D eigenvalue weighted by Crippen LogP contribution is -2.44. The largest absolute Gasteiger partial charge is 0.478 e. The molecular weight excluding hydrogens is 263 g/mol. The average molecular weight is 280 g/mol. The van der Waals surface area contributed by atoms with Crippen molar-refractivity contribution in [3.8, 4) is 0 Å². The lowest BCUT2D eigenvalue weighted by atomic mass is 10.0. The smallest absolute Gasteiger partial charge is 0.337 e. The molecule has 6 heteroatoms. The summed E-state index contributed by atoms with van der Waals surface area (Å²) in [6.45, 7) is 2.53. The molecule has 1 atom stereocenters. The van der Waals surface area contributed by atoms with Gasteiger partial charge in [0.2, 0.25) is 0 Å². The van der Waals surface area contributed by atoms with Crippen LogP contribution in [0.25, 0.3) is 0 Å². The van der Waals surface area contributed by atoms with Crippen LogP contribution in [0.4, 0.5) is 14.9 Å². The van der Waals surface area contributed by atoms with Gasteiger partial charge < -0.3 is 15.3 Å². The molecule has 2 rings (SSSR count). The highest BCUT2D eigenvalue weighted by atomic mass is 19.1. The lowest BCUT2D eigenvalue weighted by molar-refractivity contribution is 0.0697. The second kappa shape index (κ2) is 5.90. The highest BCUT2D eigenvalue weighted by Crippen LogP contribution is 2.22. The minimum Gasteiger partial charge on any atom is -0.478 e. The number of halogens is 1. The van der Waals surface area contributed by atoms with Gasteiger partial charge in [-0.1, -0.05) is 6.07 Å². The molecule has 1 heterocycles. The summed E-state index contributed by atoms with van der Waals surface area (Å²) in [5.41, 5.74) is -0.522. The van der Waals surface area contributed by atoms with Gasteiger partial charge in [-0.15, -0.1) is 0 Å². The Morgan fingerprint density at radius 3 is 2.80 bits per heavy atom. The van der Waals surface area contributed by atoms with Gasteiger partial charge >= 0.3 is 12.0 Å². The number of amides is 2. The monoisotopic (exact) mass is 280 g/mol. The molecule has 0 aromatic heterocycles. The number of para-hydroxylation sites is 1. The van der Waals surface area contributed by atoms with Crippen molar-refractivity contribution in [2.45, 2.75) is 32.2 Å². The molecule has 0 aliphatic carbocycles. The summed E-state index contributed by atoms with van der Waals surface area (Å²) in [5.74, 6) is -2.02. The second-order valence-electron chi connectivity index (χ2n) is 4.94. The zero-order valence-electron chi connectivity index (χ0n) is 11.2. The SMILES string of the molecule is CC1CCCCN1C(=O)Nc1c(F)cccc1C(=O)O. The van der Waals surface area contributed by atoms with Crippen molar-refractivity contribution in [3.63, 3.8) is 0 Å². The van der Waals surface area contributed by atoms with E-state index in [1.54, 1.807) is 4.90 Å². The number of rotatable bonds is 2. The summed E-state index contributed by atoms with van der Waals surface area (Å²) in [5, 5.41) is 11.4. The molecular formula is C14H17FN2O3. The number of carbonyl (C=O) groups excluding carboxylic acids is 1. The topological polar surface area (TPSA) is 69.6 Å². The zero-order chi connectivity index (χ0) is 14.7. The summed E-state index contributed by atoms with van der Waals surface area (Å²) in [6, 6.07) is 3.31. The van der Waals surface area contributed by atoms with Gasteiger partial charge in [-0.3, -0.25) is 0 Å². The summed E-state index contributed by atoms with van der Waals surface area (Å²) in [4.78, 5) is 24.8. The number of urea groups is 1. The summed E-state index contributed by atoms with van der Waals surface area (Å²) >= 11 is 0. The maximum atomic E-state index is 13.7. The third-order valence-corrected chi connectivity index (χ3v) is 3.54. The molecule has 1 aromatic rings. The van der Waals surface area contributed by atoms with Crippen molar-refractivity contribution in [1.82, 2.24) is 4.90 Å². The number of hydrogen-bond donors (Lipinski definition) is 2. The van der Waals surface area contributed by atoms with E-state index in [-0.39, 0.29) is 17.3 Å². The average Bonchev–Trinajstić information content (AvgIpc) is 2.41. The molecule has 0 saturated carbocycles. The Kier molecular flexibility index (Phi) is 4.22. The number of nitrogens with one attached hydrogen (secondary N) is 1. The van der Waals surface area contributed by atoms with Gasteiger partial charge in [0.15, 0.2) is 0 Å². The van der Waals surface area contributed by atoms with Crippen molar-refractivity contribution >= 4 is 17.7 Å². The predicted octanol–water partition coefficient (Wildman–Crippen LogP) is 2.93. The van der Waals surface area contributed by atoms with Crippen LogP contribution in [0.2, 0.25) is 0 Å². The van der Waals surface area contributed by atoms with E-state index in [0.717, 1.165) is 25.3 Å². The molecule has 0 spiro atoms. The van der Waals surface area contributed by atoms with Crippen LogP contribution in [0.3, 0.4) is 0 Å². The van der Waals surface area contributed by atoms with Gasteiger partial charge in [0, 0.05) is 12.6 Å². The number of piperidine rings is 1. The first kappa shape index (κ1) is 14.3. The van der Waals surface area contributed by atoms with Gasteiger partial charge in [0.1, 0.15) is 5.82 Å². The zero-order valence-corrected chi connectivity index (χ0v) is 11.2. The summed E-state index contributed by atoms with van der Waals surface area (Å²) < 4.78 is 13.7. The van der Waals surface area contributed by atoms with E-state index in [1.807, 2.05) is 6.92 Å². The lowest BCUT2D eigenvalue weighted by Gasteiger charge is -2.33. The Hall–Kier alpha value is -2.11. The second-order valence-corrected chi connectivity index (χ2v) is 4.94. The van der Waals surface area contributed by atoms with Gasteiger partial charge in [-0.05, 0) is 38.3 Å². The molecule has 1 aliphatic rings. The van der Waals surface area contributed by atoms with E-state index < -0.39 is 17.8 Å². The first-order valence-electron chi connectivity index (χ1n) is 6.60. The maximum absolute atomic E-state index is 13.7. The third-order valence-electron chi connectivity index (χ3n) is 3.54. The molecule has 2 N–H and O–H groups in total. The van der Waals surface area contributed by atoms with E-state index in [1.165, 1.54) is 12.1 Å². The Balaban J connectivity index is 2.21. The highest BCUT2D eigenvalue weighted by Gasteiger charge is 2.25. The Morgan fingerprint density at radius 2 is 2.15 bits per heavy atom. The molecule has 5 nitrogen and oxygen atoms in total. The minimum absolute atomic E-state index is 0.0730.